The fraction of sp³-hybridized carbons (Fsp3) is 0.188. The lowest BCUT2D eigenvalue weighted by atomic mass is 10.1. The number of aryl methyl sites for hydroxylation is 1. The van der Waals surface area contributed by atoms with Gasteiger partial charge in [0.15, 0.2) is 0 Å². The number of carbonyl (C=O) groups excluding carboxylic acids is 1. The van der Waals surface area contributed by atoms with Gasteiger partial charge in [-0.05, 0) is 48.4 Å². The van der Waals surface area contributed by atoms with E-state index in [9.17, 15) is 9.90 Å². The Labute approximate surface area is 118 Å². The molecule has 0 heterocycles. The first-order chi connectivity index (χ1) is 9.56. The maximum absolute atomic E-state index is 12.1. The number of phenolic OH excluding ortho intramolecular Hbond substituents is 1. The van der Waals surface area contributed by atoms with E-state index < -0.39 is 0 Å². The molecule has 0 saturated heterocycles. The molecule has 0 unspecified atom stereocenters. The van der Waals surface area contributed by atoms with Crippen molar-refractivity contribution in [1.29, 1.82) is 0 Å². The SMILES string of the molecule is CN(C(=O)CCc1cccc(N)c1)c1ccc(O)cc1. The molecule has 0 spiro atoms. The summed E-state index contributed by atoms with van der Waals surface area (Å²) in [4.78, 5) is 13.7. The lowest BCUT2D eigenvalue weighted by Crippen LogP contribution is -2.26. The van der Waals surface area contributed by atoms with Crippen molar-refractivity contribution in [3.63, 3.8) is 0 Å². The first-order valence-corrected chi connectivity index (χ1v) is 6.46. The van der Waals surface area contributed by atoms with Crippen LogP contribution in [-0.2, 0) is 11.2 Å². The highest BCUT2D eigenvalue weighted by Gasteiger charge is 2.10. The molecular formula is C16H18N2O2. The smallest absolute Gasteiger partial charge is 0.227 e. The Kier molecular flexibility index (Phi) is 4.25. The second-order valence-corrected chi connectivity index (χ2v) is 4.71. The summed E-state index contributed by atoms with van der Waals surface area (Å²) in [6, 6.07) is 14.1. The lowest BCUT2D eigenvalue weighted by Gasteiger charge is -2.17. The van der Waals surface area contributed by atoms with Crippen LogP contribution in [0.3, 0.4) is 0 Å². The molecule has 0 aromatic heterocycles. The Bertz CT molecular complexity index is 594. The van der Waals surface area contributed by atoms with Crippen molar-refractivity contribution >= 4 is 17.3 Å². The molecule has 0 aliphatic rings. The van der Waals surface area contributed by atoms with Gasteiger partial charge in [0.1, 0.15) is 5.75 Å². The van der Waals surface area contributed by atoms with E-state index in [1.54, 1.807) is 36.2 Å². The van der Waals surface area contributed by atoms with E-state index in [0.717, 1.165) is 11.3 Å². The quantitative estimate of drug-likeness (QED) is 0.839. The molecule has 20 heavy (non-hydrogen) atoms. The zero-order valence-corrected chi connectivity index (χ0v) is 11.4. The van der Waals surface area contributed by atoms with Gasteiger partial charge < -0.3 is 15.7 Å². The van der Waals surface area contributed by atoms with Crippen molar-refractivity contribution in [3.05, 3.63) is 54.1 Å². The number of nitrogens with two attached hydrogens (primary N) is 1. The van der Waals surface area contributed by atoms with Gasteiger partial charge in [-0.15, -0.1) is 0 Å². The van der Waals surface area contributed by atoms with Crippen LogP contribution in [0.1, 0.15) is 12.0 Å². The number of hydrogen-bond acceptors (Lipinski definition) is 3. The number of amides is 1. The Morgan fingerprint density at radius 1 is 1.20 bits per heavy atom. The first-order valence-electron chi connectivity index (χ1n) is 6.46. The topological polar surface area (TPSA) is 66.6 Å². The van der Waals surface area contributed by atoms with Crippen LogP contribution in [0.5, 0.6) is 5.75 Å². The summed E-state index contributed by atoms with van der Waals surface area (Å²) >= 11 is 0. The summed E-state index contributed by atoms with van der Waals surface area (Å²) < 4.78 is 0. The minimum Gasteiger partial charge on any atom is -0.508 e. The number of anilines is 2. The van der Waals surface area contributed by atoms with Gasteiger partial charge in [0.05, 0.1) is 0 Å². The largest absolute Gasteiger partial charge is 0.508 e. The zero-order chi connectivity index (χ0) is 14.5. The average molecular weight is 270 g/mol. The highest BCUT2D eigenvalue weighted by molar-refractivity contribution is 5.92. The third-order valence-corrected chi connectivity index (χ3v) is 3.19. The van der Waals surface area contributed by atoms with Gasteiger partial charge in [0.2, 0.25) is 5.91 Å². The summed E-state index contributed by atoms with van der Waals surface area (Å²) in [5.41, 5.74) is 8.24. The number of nitrogen functional groups attached to an aromatic ring is 1. The van der Waals surface area contributed by atoms with E-state index in [-0.39, 0.29) is 11.7 Å². The summed E-state index contributed by atoms with van der Waals surface area (Å²) in [7, 11) is 1.73. The Balaban J connectivity index is 1.96. The van der Waals surface area contributed by atoms with Crippen molar-refractivity contribution in [2.45, 2.75) is 12.8 Å². The summed E-state index contributed by atoms with van der Waals surface area (Å²) in [6.07, 6.45) is 1.08. The van der Waals surface area contributed by atoms with Crippen molar-refractivity contribution in [1.82, 2.24) is 0 Å². The van der Waals surface area contributed by atoms with Crippen LogP contribution in [0.4, 0.5) is 11.4 Å². The lowest BCUT2D eigenvalue weighted by molar-refractivity contribution is -0.118. The number of nitrogens with zero attached hydrogens (tertiary/aromatic N) is 1. The van der Waals surface area contributed by atoms with Crippen LogP contribution in [0.25, 0.3) is 0 Å². The fourth-order valence-electron chi connectivity index (χ4n) is 1.99. The molecule has 4 heteroatoms. The molecule has 1 amide bonds. The van der Waals surface area contributed by atoms with Gasteiger partial charge in [-0.1, -0.05) is 12.1 Å². The van der Waals surface area contributed by atoms with E-state index in [1.165, 1.54) is 0 Å². The maximum atomic E-state index is 12.1. The van der Waals surface area contributed by atoms with Gasteiger partial charge in [0, 0.05) is 24.8 Å². The third kappa shape index (κ3) is 3.51. The van der Waals surface area contributed by atoms with Gasteiger partial charge in [0.25, 0.3) is 0 Å². The number of carbonyl (C=O) groups is 1. The second kappa shape index (κ2) is 6.10. The van der Waals surface area contributed by atoms with Crippen LogP contribution in [0, 0.1) is 0 Å². The van der Waals surface area contributed by atoms with Crippen LogP contribution in [-0.4, -0.2) is 18.1 Å². The monoisotopic (exact) mass is 270 g/mol. The number of phenols is 1. The average Bonchev–Trinajstić information content (AvgIpc) is 2.45. The molecule has 0 aliphatic carbocycles. The van der Waals surface area contributed by atoms with Gasteiger partial charge in [-0.3, -0.25) is 4.79 Å². The van der Waals surface area contributed by atoms with E-state index in [1.807, 2.05) is 24.3 Å². The summed E-state index contributed by atoms with van der Waals surface area (Å²) in [5, 5.41) is 9.24. The molecular weight excluding hydrogens is 252 g/mol. The molecule has 104 valence electrons. The zero-order valence-electron chi connectivity index (χ0n) is 11.4. The molecule has 0 atom stereocenters. The highest BCUT2D eigenvalue weighted by atomic mass is 16.3. The van der Waals surface area contributed by atoms with Crippen molar-refractivity contribution in [3.8, 4) is 5.75 Å². The molecule has 2 rings (SSSR count). The van der Waals surface area contributed by atoms with E-state index >= 15 is 0 Å². The van der Waals surface area contributed by atoms with Crippen LogP contribution >= 0.6 is 0 Å². The normalized spacial score (nSPS) is 10.2. The minimum absolute atomic E-state index is 0.0260. The van der Waals surface area contributed by atoms with Crippen LogP contribution in [0.15, 0.2) is 48.5 Å². The third-order valence-electron chi connectivity index (χ3n) is 3.19. The highest BCUT2D eigenvalue weighted by Crippen LogP contribution is 2.18. The van der Waals surface area contributed by atoms with E-state index in [2.05, 4.69) is 0 Å². The fourth-order valence-corrected chi connectivity index (χ4v) is 1.99. The van der Waals surface area contributed by atoms with Gasteiger partial charge >= 0.3 is 0 Å². The number of hydrogen-bond donors (Lipinski definition) is 2. The predicted molar refractivity (Wildman–Crippen MR) is 80.7 cm³/mol. The maximum Gasteiger partial charge on any atom is 0.227 e. The number of benzene rings is 2. The van der Waals surface area contributed by atoms with E-state index in [4.69, 9.17) is 5.73 Å². The number of rotatable bonds is 4. The first kappa shape index (κ1) is 13.9. The second-order valence-electron chi connectivity index (χ2n) is 4.71. The molecule has 0 aliphatic heterocycles. The standard InChI is InChI=1S/C16H18N2O2/c1-18(14-6-8-15(19)9-7-14)16(20)10-5-12-3-2-4-13(17)11-12/h2-4,6-9,11,19H,5,10,17H2,1H3. The van der Waals surface area contributed by atoms with E-state index in [0.29, 0.717) is 18.5 Å². The Morgan fingerprint density at radius 2 is 1.90 bits per heavy atom. The molecule has 0 saturated carbocycles. The van der Waals surface area contributed by atoms with Gasteiger partial charge in [-0.25, -0.2) is 0 Å². The molecule has 2 aromatic carbocycles. The summed E-state index contributed by atoms with van der Waals surface area (Å²) in [6.45, 7) is 0. The number of aromatic hydroxyl groups is 1. The Morgan fingerprint density at radius 3 is 2.55 bits per heavy atom. The van der Waals surface area contributed by atoms with Crippen molar-refractivity contribution < 1.29 is 9.90 Å². The molecule has 0 radical (unpaired) electrons. The predicted octanol–water partition coefficient (Wildman–Crippen LogP) is 2.57. The van der Waals surface area contributed by atoms with Crippen molar-refractivity contribution in [2.75, 3.05) is 17.7 Å². The summed E-state index contributed by atoms with van der Waals surface area (Å²) in [5.74, 6) is 0.215. The molecule has 3 N–H and O–H groups in total. The molecule has 4 nitrogen and oxygen atoms in total. The Hall–Kier alpha value is -2.49. The van der Waals surface area contributed by atoms with Gasteiger partial charge in [-0.2, -0.15) is 0 Å². The van der Waals surface area contributed by atoms with Crippen LogP contribution in [0.2, 0.25) is 0 Å². The van der Waals surface area contributed by atoms with Crippen molar-refractivity contribution in [2.24, 2.45) is 0 Å². The van der Waals surface area contributed by atoms with Crippen LogP contribution < -0.4 is 10.6 Å². The minimum atomic E-state index is 0.0260. The molecule has 2 aromatic rings. The molecule has 0 bridgehead atoms. The molecule has 0 fully saturated rings.